The Hall–Kier alpha value is -2.58. The second-order valence-electron chi connectivity index (χ2n) is 7.98. The minimum Gasteiger partial charge on any atom is -0.503 e. The predicted molar refractivity (Wildman–Crippen MR) is 102 cm³/mol. The van der Waals surface area contributed by atoms with Crippen LogP contribution < -0.4 is 10.2 Å². The summed E-state index contributed by atoms with van der Waals surface area (Å²) < 4.78 is 10.6. The van der Waals surface area contributed by atoms with E-state index in [-0.39, 0.29) is 17.5 Å². The molecule has 0 saturated carbocycles. The third-order valence-corrected chi connectivity index (χ3v) is 2.93. The van der Waals surface area contributed by atoms with Crippen LogP contribution in [-0.4, -0.2) is 45.0 Å². The van der Waals surface area contributed by atoms with Crippen LogP contribution in [0.5, 0.6) is 5.75 Å². The van der Waals surface area contributed by atoms with Gasteiger partial charge in [0.1, 0.15) is 11.2 Å². The molecule has 0 aliphatic rings. The van der Waals surface area contributed by atoms with E-state index in [2.05, 4.69) is 15.3 Å². The second kappa shape index (κ2) is 8.88. The van der Waals surface area contributed by atoms with E-state index in [1.54, 1.807) is 41.5 Å². The molecular weight excluding hydrogens is 352 g/mol. The first kappa shape index (κ1) is 22.5. The Morgan fingerprint density at radius 1 is 1.11 bits per heavy atom. The summed E-state index contributed by atoms with van der Waals surface area (Å²) in [4.78, 5) is 33.8. The van der Waals surface area contributed by atoms with Gasteiger partial charge in [0.2, 0.25) is 5.95 Å². The lowest BCUT2D eigenvalue weighted by molar-refractivity contribution is 0.0427. The SMILES string of the molecule is CCCCNc1nc(N(C(=O)OC(C)(C)C)C(=O)OC(C)(C)C)ncc1O. The Balaban J connectivity index is 3.23. The molecule has 0 aromatic carbocycles. The van der Waals surface area contributed by atoms with Gasteiger partial charge in [-0.3, -0.25) is 0 Å². The minimum atomic E-state index is -0.970. The molecule has 0 aliphatic heterocycles. The van der Waals surface area contributed by atoms with Gasteiger partial charge in [0.25, 0.3) is 0 Å². The molecule has 0 saturated heterocycles. The topological polar surface area (TPSA) is 114 Å². The number of hydrogen-bond acceptors (Lipinski definition) is 8. The first-order valence-electron chi connectivity index (χ1n) is 8.90. The third kappa shape index (κ3) is 7.67. The molecule has 9 nitrogen and oxygen atoms in total. The summed E-state index contributed by atoms with van der Waals surface area (Å²) in [6, 6.07) is 0. The highest BCUT2D eigenvalue weighted by molar-refractivity contribution is 6.08. The average Bonchev–Trinajstić information content (AvgIpc) is 2.47. The van der Waals surface area contributed by atoms with Gasteiger partial charge in [0, 0.05) is 6.54 Å². The lowest BCUT2D eigenvalue weighted by Crippen LogP contribution is -2.44. The standard InChI is InChI=1S/C18H30N4O5/c1-8-9-10-19-13-12(23)11-20-14(21-13)22(15(24)26-17(2,3)4)16(25)27-18(5,6)7/h11,23H,8-10H2,1-7H3,(H,19,20,21). The largest absolute Gasteiger partial charge is 0.503 e. The molecule has 1 aromatic heterocycles. The van der Waals surface area contributed by atoms with E-state index in [1.807, 2.05) is 6.92 Å². The minimum absolute atomic E-state index is 0.116. The summed E-state index contributed by atoms with van der Waals surface area (Å²) >= 11 is 0. The number of unbranched alkanes of at least 4 members (excludes halogenated alkanes) is 1. The zero-order valence-electron chi connectivity index (χ0n) is 17.1. The van der Waals surface area contributed by atoms with Crippen molar-refractivity contribution in [1.82, 2.24) is 9.97 Å². The Morgan fingerprint density at radius 2 is 1.63 bits per heavy atom. The molecule has 0 fully saturated rings. The molecular formula is C18H30N4O5. The monoisotopic (exact) mass is 382 g/mol. The van der Waals surface area contributed by atoms with Crippen molar-refractivity contribution >= 4 is 24.0 Å². The number of nitrogens with one attached hydrogen (secondary N) is 1. The van der Waals surface area contributed by atoms with Gasteiger partial charge < -0.3 is 19.9 Å². The summed E-state index contributed by atoms with van der Waals surface area (Å²) in [6.45, 7) is 12.6. The molecule has 0 radical (unpaired) electrons. The predicted octanol–water partition coefficient (Wildman–Crippen LogP) is 4.07. The Bertz CT molecular complexity index is 637. The highest BCUT2D eigenvalue weighted by Crippen LogP contribution is 2.24. The lowest BCUT2D eigenvalue weighted by Gasteiger charge is -2.27. The normalized spacial score (nSPS) is 11.7. The van der Waals surface area contributed by atoms with Crippen molar-refractivity contribution in [2.75, 3.05) is 16.8 Å². The molecule has 0 atom stereocenters. The Labute approximate surface area is 160 Å². The van der Waals surface area contributed by atoms with Gasteiger partial charge >= 0.3 is 12.2 Å². The van der Waals surface area contributed by atoms with Gasteiger partial charge in [-0.25, -0.2) is 14.6 Å². The van der Waals surface area contributed by atoms with Crippen LogP contribution in [0.15, 0.2) is 6.20 Å². The van der Waals surface area contributed by atoms with E-state index < -0.39 is 23.4 Å². The summed E-state index contributed by atoms with van der Waals surface area (Å²) in [5.74, 6) is -0.330. The van der Waals surface area contributed by atoms with E-state index in [0.29, 0.717) is 11.4 Å². The Kier molecular flexibility index (Phi) is 7.38. The van der Waals surface area contributed by atoms with Crippen LogP contribution in [0.25, 0.3) is 0 Å². The quantitative estimate of drug-likeness (QED) is 0.733. The molecule has 0 bridgehead atoms. The first-order valence-corrected chi connectivity index (χ1v) is 8.90. The number of anilines is 2. The number of carbonyl (C=O) groups excluding carboxylic acids is 2. The van der Waals surface area contributed by atoms with E-state index in [0.717, 1.165) is 19.0 Å². The molecule has 27 heavy (non-hydrogen) atoms. The fraction of sp³-hybridized carbons (Fsp3) is 0.667. The highest BCUT2D eigenvalue weighted by Gasteiger charge is 2.35. The maximum Gasteiger partial charge on any atom is 0.427 e. The molecule has 2 amide bonds. The smallest absolute Gasteiger partial charge is 0.427 e. The molecule has 1 rings (SSSR count). The number of aromatic hydroxyl groups is 1. The molecule has 152 valence electrons. The molecule has 0 unspecified atom stereocenters. The van der Waals surface area contributed by atoms with Crippen molar-refractivity contribution < 1.29 is 24.2 Å². The summed E-state index contributed by atoms with van der Waals surface area (Å²) in [5, 5.41) is 12.9. The zero-order chi connectivity index (χ0) is 20.8. The highest BCUT2D eigenvalue weighted by atomic mass is 16.6. The average molecular weight is 382 g/mol. The van der Waals surface area contributed by atoms with E-state index in [1.165, 1.54) is 0 Å². The number of amides is 2. The number of nitrogens with zero attached hydrogens (tertiary/aromatic N) is 3. The van der Waals surface area contributed by atoms with Crippen molar-refractivity contribution in [3.8, 4) is 5.75 Å². The lowest BCUT2D eigenvalue weighted by atomic mass is 10.2. The second-order valence-corrected chi connectivity index (χ2v) is 7.98. The van der Waals surface area contributed by atoms with Crippen molar-refractivity contribution in [2.45, 2.75) is 72.5 Å². The van der Waals surface area contributed by atoms with Crippen LogP contribution in [0.4, 0.5) is 21.4 Å². The number of carbonyl (C=O) groups is 2. The van der Waals surface area contributed by atoms with Gasteiger partial charge in [-0.15, -0.1) is 4.90 Å². The van der Waals surface area contributed by atoms with E-state index in [4.69, 9.17) is 9.47 Å². The molecule has 0 spiro atoms. The molecule has 1 heterocycles. The van der Waals surface area contributed by atoms with Crippen LogP contribution in [0.3, 0.4) is 0 Å². The van der Waals surface area contributed by atoms with Crippen LogP contribution in [0.1, 0.15) is 61.3 Å². The van der Waals surface area contributed by atoms with Crippen molar-refractivity contribution in [3.05, 3.63) is 6.20 Å². The molecule has 0 aliphatic carbocycles. The van der Waals surface area contributed by atoms with Crippen LogP contribution >= 0.6 is 0 Å². The summed E-state index contributed by atoms with van der Waals surface area (Å²) in [5.41, 5.74) is -1.67. The number of rotatable bonds is 5. The summed E-state index contributed by atoms with van der Waals surface area (Å²) in [6.07, 6.45) is 0.982. The van der Waals surface area contributed by atoms with Gasteiger partial charge in [-0.05, 0) is 48.0 Å². The molecule has 2 N–H and O–H groups in total. The van der Waals surface area contributed by atoms with Crippen LogP contribution in [0.2, 0.25) is 0 Å². The van der Waals surface area contributed by atoms with Crippen LogP contribution in [-0.2, 0) is 9.47 Å². The third-order valence-electron chi connectivity index (χ3n) is 2.93. The van der Waals surface area contributed by atoms with Gasteiger partial charge in [0.05, 0.1) is 6.20 Å². The number of imide groups is 1. The van der Waals surface area contributed by atoms with Gasteiger partial charge in [-0.2, -0.15) is 4.98 Å². The van der Waals surface area contributed by atoms with Crippen molar-refractivity contribution in [3.63, 3.8) is 0 Å². The number of aromatic nitrogens is 2. The summed E-state index contributed by atoms with van der Waals surface area (Å²) in [7, 11) is 0. The zero-order valence-corrected chi connectivity index (χ0v) is 17.1. The first-order chi connectivity index (χ1) is 12.3. The maximum atomic E-state index is 12.6. The van der Waals surface area contributed by atoms with Crippen LogP contribution in [0, 0.1) is 0 Å². The van der Waals surface area contributed by atoms with Crippen molar-refractivity contribution in [1.29, 1.82) is 0 Å². The molecule has 1 aromatic rings. The molecule has 9 heteroatoms. The fourth-order valence-electron chi connectivity index (χ4n) is 1.84. The van der Waals surface area contributed by atoms with Gasteiger partial charge in [-0.1, -0.05) is 13.3 Å². The van der Waals surface area contributed by atoms with E-state index >= 15 is 0 Å². The Morgan fingerprint density at radius 3 is 2.07 bits per heavy atom. The number of hydrogen-bond donors (Lipinski definition) is 2. The maximum absolute atomic E-state index is 12.6. The fourth-order valence-corrected chi connectivity index (χ4v) is 1.84. The van der Waals surface area contributed by atoms with E-state index in [9.17, 15) is 14.7 Å². The van der Waals surface area contributed by atoms with Crippen molar-refractivity contribution in [2.24, 2.45) is 0 Å². The number of ether oxygens (including phenoxy) is 2. The van der Waals surface area contributed by atoms with Gasteiger partial charge in [0.15, 0.2) is 11.6 Å².